The highest BCUT2D eigenvalue weighted by molar-refractivity contribution is 5.95. The lowest BCUT2D eigenvalue weighted by molar-refractivity contribution is -0.121. The molecular weight excluding hydrogens is 352 g/mol. The Morgan fingerprint density at radius 2 is 2.00 bits per heavy atom. The summed E-state index contributed by atoms with van der Waals surface area (Å²) in [5.74, 6) is 1.10. The molecule has 1 unspecified atom stereocenters. The number of nitrogens with zero attached hydrogens (tertiary/aromatic N) is 2. The van der Waals surface area contributed by atoms with Crippen LogP contribution in [-0.2, 0) is 11.2 Å². The summed E-state index contributed by atoms with van der Waals surface area (Å²) in [6.45, 7) is 0.376. The first-order valence-electron chi connectivity index (χ1n) is 9.17. The SMILES string of the molecule is O=C(Nc1cc2cc(-c3cn[nH]c3)ccc2cn1)C1COc2ccccc2C1. The van der Waals surface area contributed by atoms with E-state index in [0.717, 1.165) is 33.2 Å². The topological polar surface area (TPSA) is 79.9 Å². The zero-order chi connectivity index (χ0) is 18.9. The monoisotopic (exact) mass is 370 g/mol. The summed E-state index contributed by atoms with van der Waals surface area (Å²) in [7, 11) is 0. The van der Waals surface area contributed by atoms with Gasteiger partial charge >= 0.3 is 0 Å². The minimum absolute atomic E-state index is 0.0765. The third kappa shape index (κ3) is 3.09. The van der Waals surface area contributed by atoms with E-state index in [1.54, 1.807) is 12.4 Å². The van der Waals surface area contributed by atoms with Gasteiger partial charge in [-0.05, 0) is 41.1 Å². The molecular formula is C22H18N4O2. The summed E-state index contributed by atoms with van der Waals surface area (Å²) in [5.41, 5.74) is 3.13. The maximum absolute atomic E-state index is 12.7. The smallest absolute Gasteiger partial charge is 0.232 e. The molecule has 2 N–H and O–H groups in total. The molecule has 4 aromatic rings. The van der Waals surface area contributed by atoms with Crippen LogP contribution in [0.1, 0.15) is 5.56 Å². The summed E-state index contributed by atoms with van der Waals surface area (Å²) < 4.78 is 5.73. The first-order valence-corrected chi connectivity index (χ1v) is 9.17. The Labute approximate surface area is 161 Å². The number of para-hydroxylation sites is 1. The molecule has 1 amide bonds. The summed E-state index contributed by atoms with van der Waals surface area (Å²) >= 11 is 0. The van der Waals surface area contributed by atoms with E-state index < -0.39 is 0 Å². The highest BCUT2D eigenvalue weighted by atomic mass is 16.5. The number of benzene rings is 2. The van der Waals surface area contributed by atoms with Crippen molar-refractivity contribution in [1.29, 1.82) is 0 Å². The van der Waals surface area contributed by atoms with Crippen LogP contribution in [0, 0.1) is 5.92 Å². The molecule has 0 spiro atoms. The van der Waals surface area contributed by atoms with Crippen molar-refractivity contribution in [3.05, 3.63) is 72.7 Å². The molecule has 0 saturated carbocycles. The molecule has 138 valence electrons. The molecule has 0 fully saturated rings. The van der Waals surface area contributed by atoms with Crippen LogP contribution in [0.2, 0.25) is 0 Å². The van der Waals surface area contributed by atoms with Crippen molar-refractivity contribution in [2.75, 3.05) is 11.9 Å². The van der Waals surface area contributed by atoms with Gasteiger partial charge in [-0.2, -0.15) is 5.10 Å². The number of carbonyl (C=O) groups excluding carboxylic acids is 1. The standard InChI is InChI=1S/C22H18N4O2/c27-22(18-8-15-3-1-2-4-20(15)28-13-18)26-21-9-17-7-14(19-11-24-25-12-19)5-6-16(17)10-23-21/h1-7,9-12,18H,8,13H2,(H,24,25)(H,23,26,27). The van der Waals surface area contributed by atoms with E-state index in [-0.39, 0.29) is 11.8 Å². The highest BCUT2D eigenvalue weighted by Gasteiger charge is 2.26. The summed E-state index contributed by atoms with van der Waals surface area (Å²) in [4.78, 5) is 17.1. The van der Waals surface area contributed by atoms with Crippen LogP contribution < -0.4 is 10.1 Å². The number of fused-ring (bicyclic) bond motifs is 2. The predicted molar refractivity (Wildman–Crippen MR) is 107 cm³/mol. The molecule has 1 aliphatic rings. The fourth-order valence-corrected chi connectivity index (χ4v) is 3.52. The fourth-order valence-electron chi connectivity index (χ4n) is 3.52. The predicted octanol–water partition coefficient (Wildman–Crippen LogP) is 3.81. The number of aromatic amines is 1. The molecule has 0 saturated heterocycles. The van der Waals surface area contributed by atoms with E-state index >= 15 is 0 Å². The minimum atomic E-state index is -0.232. The Bertz CT molecular complexity index is 1150. The van der Waals surface area contributed by atoms with E-state index in [9.17, 15) is 4.79 Å². The normalized spacial score (nSPS) is 15.6. The maximum Gasteiger partial charge on any atom is 0.232 e. The van der Waals surface area contributed by atoms with Crippen molar-refractivity contribution in [2.24, 2.45) is 5.92 Å². The number of hydrogen-bond acceptors (Lipinski definition) is 4. The Morgan fingerprint density at radius 3 is 2.89 bits per heavy atom. The van der Waals surface area contributed by atoms with Crippen molar-refractivity contribution in [1.82, 2.24) is 15.2 Å². The molecule has 2 aromatic carbocycles. The van der Waals surface area contributed by atoms with E-state index in [0.29, 0.717) is 18.8 Å². The van der Waals surface area contributed by atoms with Crippen molar-refractivity contribution < 1.29 is 9.53 Å². The Hall–Kier alpha value is -3.67. The van der Waals surface area contributed by atoms with Crippen LogP contribution >= 0.6 is 0 Å². The first kappa shape index (κ1) is 16.5. The van der Waals surface area contributed by atoms with Crippen LogP contribution in [0.15, 0.2) is 67.1 Å². The van der Waals surface area contributed by atoms with Gasteiger partial charge in [0.2, 0.25) is 5.91 Å². The zero-order valence-corrected chi connectivity index (χ0v) is 15.1. The molecule has 1 atom stereocenters. The van der Waals surface area contributed by atoms with E-state index in [1.807, 2.05) is 48.7 Å². The van der Waals surface area contributed by atoms with Gasteiger partial charge in [0, 0.05) is 23.3 Å². The number of aromatic nitrogens is 3. The first-order chi connectivity index (χ1) is 13.8. The second-order valence-corrected chi connectivity index (χ2v) is 6.93. The second-order valence-electron chi connectivity index (χ2n) is 6.93. The van der Waals surface area contributed by atoms with Gasteiger partial charge in [-0.15, -0.1) is 0 Å². The lowest BCUT2D eigenvalue weighted by Gasteiger charge is -2.24. The number of nitrogens with one attached hydrogen (secondary N) is 2. The number of H-pyrrole nitrogens is 1. The van der Waals surface area contributed by atoms with Crippen LogP contribution in [0.5, 0.6) is 5.75 Å². The number of rotatable bonds is 3. The molecule has 1 aliphatic heterocycles. The Kier molecular flexibility index (Phi) is 4.01. The molecule has 5 rings (SSSR count). The van der Waals surface area contributed by atoms with E-state index in [4.69, 9.17) is 4.74 Å². The number of hydrogen-bond donors (Lipinski definition) is 2. The van der Waals surface area contributed by atoms with Gasteiger partial charge in [0.1, 0.15) is 18.2 Å². The summed E-state index contributed by atoms with van der Waals surface area (Å²) in [6.07, 6.45) is 6.08. The van der Waals surface area contributed by atoms with Gasteiger partial charge in [0.05, 0.1) is 12.1 Å². The zero-order valence-electron chi connectivity index (χ0n) is 15.1. The molecule has 0 radical (unpaired) electrons. The molecule has 6 heteroatoms. The molecule has 6 nitrogen and oxygen atoms in total. The summed E-state index contributed by atoms with van der Waals surface area (Å²) in [6, 6.07) is 15.9. The maximum atomic E-state index is 12.7. The Morgan fingerprint density at radius 1 is 1.07 bits per heavy atom. The van der Waals surface area contributed by atoms with Gasteiger partial charge in [-0.1, -0.05) is 30.3 Å². The number of anilines is 1. The molecule has 3 heterocycles. The lowest BCUT2D eigenvalue weighted by atomic mass is 9.96. The quantitative estimate of drug-likeness (QED) is 0.575. The summed E-state index contributed by atoms with van der Waals surface area (Å²) in [5, 5.41) is 11.8. The van der Waals surface area contributed by atoms with Crippen LogP contribution in [0.4, 0.5) is 5.82 Å². The largest absolute Gasteiger partial charge is 0.492 e. The van der Waals surface area contributed by atoms with E-state index in [2.05, 4.69) is 26.6 Å². The Balaban J connectivity index is 1.37. The number of carbonyl (C=O) groups is 1. The van der Waals surface area contributed by atoms with Gasteiger partial charge in [0.25, 0.3) is 0 Å². The fraction of sp³-hybridized carbons (Fsp3) is 0.136. The minimum Gasteiger partial charge on any atom is -0.492 e. The van der Waals surface area contributed by atoms with Gasteiger partial charge < -0.3 is 10.1 Å². The second kappa shape index (κ2) is 6.81. The lowest BCUT2D eigenvalue weighted by Crippen LogP contribution is -2.32. The third-order valence-electron chi connectivity index (χ3n) is 5.05. The third-order valence-corrected chi connectivity index (χ3v) is 5.05. The van der Waals surface area contributed by atoms with Crippen LogP contribution in [-0.4, -0.2) is 27.7 Å². The van der Waals surface area contributed by atoms with Crippen molar-refractivity contribution in [3.63, 3.8) is 0 Å². The van der Waals surface area contributed by atoms with Gasteiger partial charge in [-0.3, -0.25) is 9.89 Å². The van der Waals surface area contributed by atoms with E-state index in [1.165, 1.54) is 0 Å². The molecule has 28 heavy (non-hydrogen) atoms. The molecule has 0 aliphatic carbocycles. The number of ether oxygens (including phenoxy) is 1. The van der Waals surface area contributed by atoms with Crippen LogP contribution in [0.25, 0.3) is 21.9 Å². The van der Waals surface area contributed by atoms with Crippen molar-refractivity contribution in [3.8, 4) is 16.9 Å². The van der Waals surface area contributed by atoms with Crippen LogP contribution in [0.3, 0.4) is 0 Å². The van der Waals surface area contributed by atoms with Crippen molar-refractivity contribution >= 4 is 22.5 Å². The number of pyridine rings is 1. The van der Waals surface area contributed by atoms with Gasteiger partial charge in [-0.25, -0.2) is 4.98 Å². The molecule has 2 aromatic heterocycles. The highest BCUT2D eigenvalue weighted by Crippen LogP contribution is 2.28. The number of amides is 1. The van der Waals surface area contributed by atoms with Gasteiger partial charge in [0.15, 0.2) is 0 Å². The average Bonchev–Trinajstić information content (AvgIpc) is 3.28. The molecule has 0 bridgehead atoms. The average molecular weight is 370 g/mol. The van der Waals surface area contributed by atoms with Crippen molar-refractivity contribution in [2.45, 2.75) is 6.42 Å².